The van der Waals surface area contributed by atoms with Crippen LogP contribution in [-0.2, 0) is 19.1 Å². The number of hydrogen-bond donors (Lipinski definition) is 0. The molecule has 2 aliphatic rings. The minimum absolute atomic E-state index is 0.116. The number of aliphatic imine (C=N–C) groups is 1. The monoisotopic (exact) mass is 315 g/mol. The van der Waals surface area contributed by atoms with E-state index < -0.39 is 5.54 Å². The molecule has 0 aromatic heterocycles. The van der Waals surface area contributed by atoms with E-state index in [-0.39, 0.29) is 23.8 Å². The molecule has 0 bridgehead atoms. The first kappa shape index (κ1) is 15.7. The number of benzene rings is 1. The number of ether oxygens (including phenoxy) is 2. The van der Waals surface area contributed by atoms with Crippen LogP contribution in [0.4, 0.5) is 0 Å². The van der Waals surface area contributed by atoms with E-state index in [1.165, 1.54) is 7.11 Å². The van der Waals surface area contributed by atoms with Gasteiger partial charge >= 0.3 is 11.9 Å². The van der Waals surface area contributed by atoms with Crippen molar-refractivity contribution in [1.82, 2.24) is 0 Å². The van der Waals surface area contributed by atoms with Crippen LogP contribution in [0.5, 0.6) is 0 Å². The molecule has 23 heavy (non-hydrogen) atoms. The predicted molar refractivity (Wildman–Crippen MR) is 85.2 cm³/mol. The van der Waals surface area contributed by atoms with E-state index in [0.717, 1.165) is 11.3 Å². The fraction of sp³-hybridized carbons (Fsp3) is 0.500. The van der Waals surface area contributed by atoms with E-state index in [1.807, 2.05) is 30.3 Å². The molecular weight excluding hydrogens is 294 g/mol. The third kappa shape index (κ3) is 2.76. The molecule has 5 heteroatoms. The Bertz CT molecular complexity index is 640. The summed E-state index contributed by atoms with van der Waals surface area (Å²) in [6.45, 7) is 2.10. The zero-order valence-electron chi connectivity index (χ0n) is 13.5. The molecule has 1 aromatic carbocycles. The summed E-state index contributed by atoms with van der Waals surface area (Å²) in [5.41, 5.74) is 1.00. The SMILES string of the molecule is CCOC(=O)C1(C2CC2C(=O)OC)CCC(c2ccccc2)=N1. The lowest BCUT2D eigenvalue weighted by Crippen LogP contribution is -2.40. The molecule has 0 amide bonds. The highest BCUT2D eigenvalue weighted by molar-refractivity contribution is 6.05. The fourth-order valence-corrected chi connectivity index (χ4v) is 3.46. The topological polar surface area (TPSA) is 65.0 Å². The summed E-state index contributed by atoms with van der Waals surface area (Å²) in [4.78, 5) is 29.2. The highest BCUT2D eigenvalue weighted by Crippen LogP contribution is 2.53. The van der Waals surface area contributed by atoms with E-state index in [1.54, 1.807) is 6.92 Å². The standard InChI is InChI=1S/C18H21NO4/c1-3-23-17(21)18(14-11-13(14)16(20)22-2)10-9-15(19-18)12-7-5-4-6-8-12/h4-8,13-14H,3,9-11H2,1-2H3. The van der Waals surface area contributed by atoms with Gasteiger partial charge in [0.2, 0.25) is 0 Å². The van der Waals surface area contributed by atoms with Gasteiger partial charge in [0.05, 0.1) is 19.6 Å². The molecule has 122 valence electrons. The fourth-order valence-electron chi connectivity index (χ4n) is 3.46. The molecule has 3 rings (SSSR count). The third-order valence-corrected chi connectivity index (χ3v) is 4.72. The van der Waals surface area contributed by atoms with Gasteiger partial charge in [0.15, 0.2) is 5.54 Å². The summed E-state index contributed by atoms with van der Waals surface area (Å²) in [5, 5.41) is 0. The lowest BCUT2D eigenvalue weighted by atomic mass is 9.89. The molecule has 1 fully saturated rings. The maximum Gasteiger partial charge on any atom is 0.334 e. The number of carbonyl (C=O) groups excluding carboxylic acids is 2. The molecular formula is C18H21NO4. The van der Waals surface area contributed by atoms with E-state index in [9.17, 15) is 9.59 Å². The maximum atomic E-state index is 12.6. The van der Waals surface area contributed by atoms with Gasteiger partial charge in [0.1, 0.15) is 0 Å². The molecule has 3 unspecified atom stereocenters. The van der Waals surface area contributed by atoms with Crippen molar-refractivity contribution in [3.63, 3.8) is 0 Å². The molecule has 1 aliphatic heterocycles. The Morgan fingerprint density at radius 3 is 2.70 bits per heavy atom. The summed E-state index contributed by atoms with van der Waals surface area (Å²) in [5.74, 6) is -0.942. The Labute approximate surface area is 135 Å². The maximum absolute atomic E-state index is 12.6. The molecule has 0 saturated heterocycles. The van der Waals surface area contributed by atoms with Crippen molar-refractivity contribution >= 4 is 17.7 Å². The van der Waals surface area contributed by atoms with E-state index >= 15 is 0 Å². The highest BCUT2D eigenvalue weighted by Gasteiger charge is 2.62. The number of esters is 2. The van der Waals surface area contributed by atoms with Gasteiger partial charge in [-0.1, -0.05) is 30.3 Å². The lowest BCUT2D eigenvalue weighted by Gasteiger charge is -2.23. The lowest BCUT2D eigenvalue weighted by molar-refractivity contribution is -0.151. The molecule has 0 N–H and O–H groups in total. The normalized spacial score (nSPS) is 28.9. The van der Waals surface area contributed by atoms with Gasteiger partial charge in [-0.2, -0.15) is 0 Å². The number of rotatable bonds is 5. The van der Waals surface area contributed by atoms with Crippen LogP contribution in [0.25, 0.3) is 0 Å². The Balaban J connectivity index is 1.91. The second kappa shape index (κ2) is 6.14. The summed E-state index contributed by atoms with van der Waals surface area (Å²) in [6.07, 6.45) is 1.94. The molecule has 1 heterocycles. The van der Waals surface area contributed by atoms with Gasteiger partial charge in [-0.05, 0) is 31.7 Å². The molecule has 3 atom stereocenters. The Morgan fingerprint density at radius 1 is 1.30 bits per heavy atom. The van der Waals surface area contributed by atoms with Crippen LogP contribution < -0.4 is 0 Å². The molecule has 5 nitrogen and oxygen atoms in total. The molecule has 0 spiro atoms. The van der Waals surface area contributed by atoms with Crippen LogP contribution in [0, 0.1) is 11.8 Å². The van der Waals surface area contributed by atoms with Gasteiger partial charge in [-0.15, -0.1) is 0 Å². The molecule has 1 saturated carbocycles. The highest BCUT2D eigenvalue weighted by atomic mass is 16.5. The zero-order valence-corrected chi connectivity index (χ0v) is 13.5. The Morgan fingerprint density at radius 2 is 2.04 bits per heavy atom. The second-order valence-electron chi connectivity index (χ2n) is 6.04. The molecule has 1 aliphatic carbocycles. The van der Waals surface area contributed by atoms with Crippen molar-refractivity contribution in [3.05, 3.63) is 35.9 Å². The van der Waals surface area contributed by atoms with Gasteiger partial charge in [0.25, 0.3) is 0 Å². The summed E-state index contributed by atoms with van der Waals surface area (Å²) >= 11 is 0. The van der Waals surface area contributed by atoms with Crippen LogP contribution in [-0.4, -0.2) is 36.9 Å². The van der Waals surface area contributed by atoms with Crippen LogP contribution in [0.3, 0.4) is 0 Å². The van der Waals surface area contributed by atoms with E-state index in [2.05, 4.69) is 0 Å². The average molecular weight is 315 g/mol. The first-order valence-electron chi connectivity index (χ1n) is 8.01. The van der Waals surface area contributed by atoms with Crippen molar-refractivity contribution in [2.24, 2.45) is 16.8 Å². The number of carbonyl (C=O) groups is 2. The largest absolute Gasteiger partial charge is 0.469 e. The van der Waals surface area contributed by atoms with Gasteiger partial charge in [-0.25, -0.2) is 4.79 Å². The second-order valence-corrected chi connectivity index (χ2v) is 6.04. The van der Waals surface area contributed by atoms with Crippen molar-refractivity contribution in [3.8, 4) is 0 Å². The number of nitrogens with zero attached hydrogens (tertiary/aromatic N) is 1. The van der Waals surface area contributed by atoms with Gasteiger partial charge in [-0.3, -0.25) is 9.79 Å². The average Bonchev–Trinajstić information content (AvgIpc) is 3.27. The quantitative estimate of drug-likeness (QED) is 0.783. The summed E-state index contributed by atoms with van der Waals surface area (Å²) in [7, 11) is 1.38. The van der Waals surface area contributed by atoms with Gasteiger partial charge < -0.3 is 9.47 Å². The Hall–Kier alpha value is -2.17. The van der Waals surface area contributed by atoms with Crippen LogP contribution in [0.2, 0.25) is 0 Å². The molecule has 1 aromatic rings. The minimum Gasteiger partial charge on any atom is -0.469 e. The minimum atomic E-state index is -0.931. The van der Waals surface area contributed by atoms with Crippen molar-refractivity contribution in [1.29, 1.82) is 0 Å². The molecule has 0 radical (unpaired) electrons. The first-order chi connectivity index (χ1) is 11.1. The first-order valence-corrected chi connectivity index (χ1v) is 8.01. The summed E-state index contributed by atoms with van der Waals surface area (Å²) in [6, 6.07) is 9.84. The van der Waals surface area contributed by atoms with E-state index in [4.69, 9.17) is 14.5 Å². The van der Waals surface area contributed by atoms with Crippen LogP contribution in [0.15, 0.2) is 35.3 Å². The number of hydrogen-bond acceptors (Lipinski definition) is 5. The van der Waals surface area contributed by atoms with Crippen molar-refractivity contribution < 1.29 is 19.1 Å². The van der Waals surface area contributed by atoms with Crippen LogP contribution >= 0.6 is 0 Å². The zero-order chi connectivity index (χ0) is 16.4. The predicted octanol–water partition coefficient (Wildman–Crippen LogP) is 2.38. The van der Waals surface area contributed by atoms with Crippen LogP contribution in [0.1, 0.15) is 31.7 Å². The summed E-state index contributed by atoms with van der Waals surface area (Å²) < 4.78 is 10.1. The van der Waals surface area contributed by atoms with E-state index in [0.29, 0.717) is 25.9 Å². The van der Waals surface area contributed by atoms with Gasteiger partial charge in [0, 0.05) is 11.6 Å². The van der Waals surface area contributed by atoms with Crippen molar-refractivity contribution in [2.75, 3.05) is 13.7 Å². The third-order valence-electron chi connectivity index (χ3n) is 4.72. The smallest absolute Gasteiger partial charge is 0.334 e. The van der Waals surface area contributed by atoms with Crippen molar-refractivity contribution in [2.45, 2.75) is 31.7 Å². The number of methoxy groups -OCH3 is 1. The Kier molecular flexibility index (Phi) is 4.20.